The maximum Gasteiger partial charge on any atom is 0.536 e. The summed E-state index contributed by atoms with van der Waals surface area (Å²) >= 11 is 10.8. The van der Waals surface area contributed by atoms with Crippen molar-refractivity contribution >= 4 is 183 Å². The lowest BCUT2D eigenvalue weighted by Gasteiger charge is -2.29. The highest BCUT2D eigenvalue weighted by Gasteiger charge is 2.52. The van der Waals surface area contributed by atoms with Crippen molar-refractivity contribution in [3.8, 4) is 31.6 Å². The lowest BCUT2D eigenvalue weighted by molar-refractivity contribution is -0.124. The van der Waals surface area contributed by atoms with Gasteiger partial charge in [0.1, 0.15) is 35.4 Å². The Morgan fingerprint density at radius 3 is 0.982 bits per heavy atom. The number of unbranched alkanes of at least 4 members (excludes halogenated alkanes) is 4. The fourth-order valence-corrected chi connectivity index (χ4v) is 24.0. The Hall–Kier alpha value is -9.44. The van der Waals surface area contributed by atoms with Crippen molar-refractivity contribution in [2.45, 2.75) is 158 Å². The Labute approximate surface area is 697 Å². The first-order valence-electron chi connectivity index (χ1n) is 39.4. The highest BCUT2D eigenvalue weighted by Crippen LogP contribution is 2.54. The van der Waals surface area contributed by atoms with E-state index >= 15 is 28.0 Å². The molecule has 0 spiro atoms. The minimum absolute atomic E-state index is 0.0130. The molecule has 4 aliphatic heterocycles. The number of allylic oxidation sites excluding steroid dienone is 4. The fraction of sp³-hybridized carbons (Fsp3) is 0.356. The van der Waals surface area contributed by atoms with Crippen LogP contribution in [-0.2, 0) is 19.2 Å². The van der Waals surface area contributed by atoms with Crippen LogP contribution in [0.2, 0.25) is 0 Å². The summed E-state index contributed by atoms with van der Waals surface area (Å²) in [6.45, 7) is 33.8. The summed E-state index contributed by atoms with van der Waals surface area (Å²) in [5.41, 5.74) is 2.24. The standard InChI is InChI=1S/C90H88F2N10O4S8/c1-11-19-23-51(15-5)47-99-82(67-32-28-57(108-67)43-56-27-31-60(107-56)55(45-93)46-94)74-76(89(99)105)84(101(87(74)103)49-53(17-7)25-21-13-3)69-41-37-63(113-69)61-35-39-65(111-61)72-78(91)79(92)73(81(96)80(72)95)66-40-36-62(112-66)64-38-42-70(114-64)85-77-75(88(104)102(85)50-54(18-8)26-22-14-4)83(100(90(77)106)48-52(16-6)24-20-12-2)68-33-29-58(109-68)44-59-30-34-71(110-59)86(97-9)98-10/h27-44,51-54,95-96H,11-26,47-50H2,1-8H3/b56-43+,59-44+,95-80?,96-81?. The second-order valence-corrected chi connectivity index (χ2v) is 38.0. The molecule has 13 rings (SSSR count). The minimum atomic E-state index is -1.25. The van der Waals surface area contributed by atoms with Gasteiger partial charge < -0.3 is 19.6 Å². The van der Waals surface area contributed by atoms with Crippen molar-refractivity contribution in [1.29, 1.82) is 21.3 Å². The van der Waals surface area contributed by atoms with Gasteiger partial charge >= 0.3 is 5.82 Å². The van der Waals surface area contributed by atoms with Gasteiger partial charge in [-0.2, -0.15) is 20.2 Å². The van der Waals surface area contributed by atoms with Gasteiger partial charge in [0.15, 0.2) is 11.7 Å². The maximum atomic E-state index is 17.2. The molecule has 0 saturated heterocycles. The van der Waals surface area contributed by atoms with Crippen molar-refractivity contribution in [2.24, 2.45) is 23.7 Å². The van der Waals surface area contributed by atoms with E-state index in [0.717, 1.165) is 141 Å². The Morgan fingerprint density at radius 2 is 0.675 bits per heavy atom. The van der Waals surface area contributed by atoms with Gasteiger partial charge in [0, 0.05) is 74.3 Å². The van der Waals surface area contributed by atoms with Crippen molar-refractivity contribution in [3.05, 3.63) is 211 Å². The Balaban J connectivity index is 0.833. The zero-order valence-electron chi connectivity index (χ0n) is 65.1. The van der Waals surface area contributed by atoms with Gasteiger partial charge in [-0.05, 0) is 159 Å². The summed E-state index contributed by atoms with van der Waals surface area (Å²) in [4.78, 5) is 84.8. The lowest BCUT2D eigenvalue weighted by atomic mass is 9.91. The zero-order valence-corrected chi connectivity index (χ0v) is 71.6. The molecule has 5 aliphatic rings. The number of nitrogens with one attached hydrogen (secondary N) is 2. The number of carbonyl (C=O) groups is 4. The lowest BCUT2D eigenvalue weighted by Crippen LogP contribution is -2.34. The monoisotopic (exact) mass is 1670 g/mol. The highest BCUT2D eigenvalue weighted by atomic mass is 32.1. The van der Waals surface area contributed by atoms with Crippen LogP contribution in [0.25, 0.3) is 86.7 Å². The molecule has 4 atom stereocenters. The Kier molecular flexibility index (Phi) is 26.5. The topological polar surface area (TPSA) is 185 Å². The molecule has 24 heteroatoms. The van der Waals surface area contributed by atoms with Crippen LogP contribution in [0.1, 0.15) is 197 Å². The largest absolute Gasteiger partial charge is 0.536 e. The van der Waals surface area contributed by atoms with Crippen LogP contribution in [0.5, 0.6) is 0 Å². The van der Waals surface area contributed by atoms with E-state index in [0.29, 0.717) is 99.8 Å². The average molecular weight is 1670 g/mol. The van der Waals surface area contributed by atoms with Gasteiger partial charge in [-0.25, -0.2) is 8.78 Å². The van der Waals surface area contributed by atoms with E-state index in [2.05, 4.69) is 65.1 Å². The van der Waals surface area contributed by atoms with Crippen LogP contribution in [0.15, 0.2) is 131 Å². The van der Waals surface area contributed by atoms with Gasteiger partial charge in [-0.15, -0.1) is 90.7 Å². The van der Waals surface area contributed by atoms with E-state index in [-0.39, 0.29) is 79.6 Å². The summed E-state index contributed by atoms with van der Waals surface area (Å²) in [5.74, 6) is -2.76. The number of carbonyl (C=O) groups excluding carboxylic acids is 4. The second-order valence-electron chi connectivity index (χ2n) is 29.2. The highest BCUT2D eigenvalue weighted by molar-refractivity contribution is 7.24. The molecular formula is C90H88F2N10O4S8. The molecule has 1 aliphatic carbocycles. The molecule has 0 aromatic carbocycles. The molecule has 0 saturated carbocycles. The second kappa shape index (κ2) is 36.6. The van der Waals surface area contributed by atoms with Gasteiger partial charge in [-0.1, -0.05) is 132 Å². The first-order chi connectivity index (χ1) is 55.3. The first kappa shape index (κ1) is 82.5. The molecule has 114 heavy (non-hydrogen) atoms. The van der Waals surface area contributed by atoms with Crippen molar-refractivity contribution in [3.63, 3.8) is 0 Å². The number of nitrogens with zero attached hydrogens (tertiary/aromatic N) is 8. The summed E-state index contributed by atoms with van der Waals surface area (Å²) < 4.78 is 37.3. The molecule has 8 aromatic rings. The van der Waals surface area contributed by atoms with Crippen molar-refractivity contribution in [1.82, 2.24) is 19.6 Å². The van der Waals surface area contributed by atoms with Gasteiger partial charge in [0.2, 0.25) is 0 Å². The molecule has 12 heterocycles. The van der Waals surface area contributed by atoms with Gasteiger partial charge in [-0.3, -0.25) is 30.0 Å². The number of thiophene rings is 8. The number of nitriles is 2. The quantitative estimate of drug-likeness (QED) is 0.0298. The van der Waals surface area contributed by atoms with E-state index in [1.54, 1.807) is 36.4 Å². The molecule has 2 N–H and O–H groups in total. The van der Waals surface area contributed by atoms with E-state index in [4.69, 9.17) is 13.1 Å². The third-order valence-corrected chi connectivity index (χ3v) is 30.9. The van der Waals surface area contributed by atoms with Crippen LogP contribution < -0.4 is 18.1 Å². The molecule has 0 radical (unpaired) electrons. The van der Waals surface area contributed by atoms with Crippen LogP contribution in [-0.4, -0.2) is 80.8 Å². The minimum Gasteiger partial charge on any atom is -0.306 e. The third kappa shape index (κ3) is 16.3. The normalized spacial score (nSPS) is 16.6. The van der Waals surface area contributed by atoms with Crippen LogP contribution in [0.3, 0.4) is 0 Å². The number of hydrogen-bond donors (Lipinski definition) is 2. The zero-order chi connectivity index (χ0) is 80.8. The van der Waals surface area contributed by atoms with Crippen LogP contribution >= 0.6 is 90.7 Å². The fourth-order valence-electron chi connectivity index (χ4n) is 15.6. The summed E-state index contributed by atoms with van der Waals surface area (Å²) in [6.07, 6.45) is 18.9. The number of fused-ring (bicyclic) bond motifs is 2. The molecule has 4 unspecified atom stereocenters. The molecule has 4 amide bonds. The molecular weight excluding hydrogens is 1580 g/mol. The van der Waals surface area contributed by atoms with E-state index < -0.39 is 23.1 Å². The molecule has 584 valence electrons. The number of amides is 4. The maximum absolute atomic E-state index is 17.2. The SMILES string of the molecule is [C-]#[N+]C([N+]#[C-])=c1cc/c(=C\c2ccc(C3=C4C(=O)N(CC(CC)CCCC)C(c5ccc(-c6ccc(C7=C(F)C(F)=C(c8ccc(-c9ccc(C%10=C%11C(=O)N(CC(CC)CCCC)C(c%12ccc(/C=c%13\ccc(=C(C#N)C#N)s%13)s%12)=C%11C(=O)N%10CC(CC)CCCC)s9)s8)C(=N)C7=N)s6)s5)=C4C(=O)N3CC(CC)CCCC)s2)s1. The molecule has 0 bridgehead atoms. The first-order valence-corrected chi connectivity index (χ1v) is 45.9. The summed E-state index contributed by atoms with van der Waals surface area (Å²) in [6, 6.07) is 33.8. The van der Waals surface area contributed by atoms with Crippen molar-refractivity contribution in [2.75, 3.05) is 26.2 Å². The van der Waals surface area contributed by atoms with Crippen LogP contribution in [0, 0.1) is 70.3 Å². The molecule has 8 aromatic heterocycles. The van der Waals surface area contributed by atoms with E-state index in [1.807, 2.05) is 105 Å². The summed E-state index contributed by atoms with van der Waals surface area (Å²) in [7, 11) is 0. The number of hydrogen-bond acceptors (Lipinski definition) is 16. The van der Waals surface area contributed by atoms with Crippen molar-refractivity contribution < 1.29 is 28.0 Å². The van der Waals surface area contributed by atoms with Gasteiger partial charge in [0.05, 0.1) is 91.7 Å². The average Bonchev–Trinajstić information content (AvgIpc) is 1.56. The van der Waals surface area contributed by atoms with Crippen LogP contribution in [0.4, 0.5) is 8.78 Å². The predicted molar refractivity (Wildman–Crippen MR) is 469 cm³/mol. The third-order valence-electron chi connectivity index (χ3n) is 22.0. The summed E-state index contributed by atoms with van der Waals surface area (Å²) in [5, 5.41) is 38.0. The predicted octanol–water partition coefficient (Wildman–Crippen LogP) is 21.9. The number of rotatable bonds is 34. The van der Waals surface area contributed by atoms with Gasteiger partial charge in [0.25, 0.3) is 23.6 Å². The molecule has 14 nitrogen and oxygen atoms in total. The smallest absolute Gasteiger partial charge is 0.306 e. The van der Waals surface area contributed by atoms with E-state index in [1.165, 1.54) is 90.7 Å². The Morgan fingerprint density at radius 1 is 0.395 bits per heavy atom. The van der Waals surface area contributed by atoms with E-state index in [9.17, 15) is 21.3 Å². The molecule has 0 fully saturated rings. The Bertz CT molecular complexity index is 5450. The number of halogens is 2.